The predicted octanol–water partition coefficient (Wildman–Crippen LogP) is 7.15. The van der Waals surface area contributed by atoms with E-state index in [9.17, 15) is 23.1 Å². The van der Waals surface area contributed by atoms with Crippen LogP contribution in [0.15, 0.2) is 77.7 Å². The molecule has 10 heteroatoms. The van der Waals surface area contributed by atoms with Gasteiger partial charge in [-0.3, -0.25) is 9.59 Å². The summed E-state index contributed by atoms with van der Waals surface area (Å²) < 4.78 is 43.1. The molecular formula is C32H32Cl2FNO5S. The van der Waals surface area contributed by atoms with Crippen LogP contribution in [0, 0.1) is 17.2 Å². The molecule has 1 saturated carbocycles. The van der Waals surface area contributed by atoms with E-state index < -0.39 is 54.5 Å². The van der Waals surface area contributed by atoms with Crippen LogP contribution in [0.5, 0.6) is 0 Å². The quantitative estimate of drug-likeness (QED) is 0.248. The van der Waals surface area contributed by atoms with Gasteiger partial charge in [0.1, 0.15) is 15.5 Å². The van der Waals surface area contributed by atoms with Crippen molar-refractivity contribution in [1.82, 2.24) is 5.32 Å². The van der Waals surface area contributed by atoms with Gasteiger partial charge in [-0.05, 0) is 85.5 Å². The number of rotatable bonds is 10. The summed E-state index contributed by atoms with van der Waals surface area (Å²) in [5, 5.41) is 13.7. The highest BCUT2D eigenvalue weighted by molar-refractivity contribution is 7.92. The summed E-state index contributed by atoms with van der Waals surface area (Å²) >= 11 is 12.6. The maximum atomic E-state index is 15.2. The zero-order chi connectivity index (χ0) is 30.3. The van der Waals surface area contributed by atoms with E-state index in [0.29, 0.717) is 28.5 Å². The van der Waals surface area contributed by atoms with Crippen molar-refractivity contribution in [2.45, 2.75) is 67.1 Å². The van der Waals surface area contributed by atoms with Crippen LogP contribution < -0.4 is 5.32 Å². The molecular weight excluding hydrogens is 600 g/mol. The van der Waals surface area contributed by atoms with Crippen LogP contribution in [0.2, 0.25) is 10.0 Å². The normalized spacial score (nSPS) is 24.0. The number of carboxylic acids is 1. The molecule has 0 aromatic heterocycles. The number of carbonyl (C=O) groups excluding carboxylic acids is 1. The van der Waals surface area contributed by atoms with Crippen molar-refractivity contribution in [2.24, 2.45) is 11.3 Å². The van der Waals surface area contributed by atoms with Gasteiger partial charge in [0, 0.05) is 22.0 Å². The second-order valence-corrected chi connectivity index (χ2v) is 14.5. The minimum Gasteiger partial charge on any atom is -0.481 e. The molecule has 0 unspecified atom stereocenters. The summed E-state index contributed by atoms with van der Waals surface area (Å²) in [6.45, 7) is 1.78. The Hall–Kier alpha value is -2.94. The molecule has 42 heavy (non-hydrogen) atoms. The average molecular weight is 633 g/mol. The first kappa shape index (κ1) is 30.5. The van der Waals surface area contributed by atoms with E-state index in [-0.39, 0.29) is 31.6 Å². The van der Waals surface area contributed by atoms with Crippen LogP contribution in [0.1, 0.15) is 62.5 Å². The zero-order valence-electron chi connectivity index (χ0n) is 23.0. The number of amides is 1. The van der Waals surface area contributed by atoms with Gasteiger partial charge in [0.15, 0.2) is 9.84 Å². The Balaban J connectivity index is 1.70. The lowest BCUT2D eigenvalue weighted by Crippen LogP contribution is -2.57. The molecule has 3 aromatic rings. The lowest BCUT2D eigenvalue weighted by molar-refractivity contribution is -0.148. The summed E-state index contributed by atoms with van der Waals surface area (Å²) in [7, 11) is -4.37. The summed E-state index contributed by atoms with van der Waals surface area (Å²) in [6.07, 6.45) is 1.28. The Morgan fingerprint density at radius 3 is 2.33 bits per heavy atom. The first-order valence-corrected chi connectivity index (χ1v) is 16.2. The average Bonchev–Trinajstić information content (AvgIpc) is 3.79. The summed E-state index contributed by atoms with van der Waals surface area (Å²) in [4.78, 5) is 25.2. The first-order valence-electron chi connectivity index (χ1n) is 14.0. The lowest BCUT2D eigenvalue weighted by Gasteiger charge is -2.47. The van der Waals surface area contributed by atoms with E-state index in [1.807, 2.05) is 6.07 Å². The number of hydrogen-bond donors (Lipinski definition) is 2. The van der Waals surface area contributed by atoms with E-state index in [0.717, 1.165) is 11.6 Å². The molecule has 2 N–H and O–H groups in total. The smallest absolute Gasteiger partial charge is 0.304 e. The predicted molar refractivity (Wildman–Crippen MR) is 160 cm³/mol. The lowest BCUT2D eigenvalue weighted by atomic mass is 9.65. The third-order valence-electron chi connectivity index (χ3n) is 9.04. The summed E-state index contributed by atoms with van der Waals surface area (Å²) in [5.41, 5.74) is 0.0387. The van der Waals surface area contributed by atoms with Gasteiger partial charge < -0.3 is 10.4 Å². The Morgan fingerprint density at radius 2 is 1.74 bits per heavy atom. The van der Waals surface area contributed by atoms with E-state index in [1.54, 1.807) is 49.4 Å². The fourth-order valence-electron chi connectivity index (χ4n) is 6.70. The number of halogens is 3. The SMILES string of the molecule is CC[C@@]1(CC(=O)O)C[C@H](c2cccc(Cl)c2)[C@H](C[C@@](c2ccc(Cl)cc2)(C2CC2)S(=O)(=O)c2ccccc2F)NC1=O. The fourth-order valence-corrected chi connectivity index (χ4v) is 9.52. The number of hydrogen-bond acceptors (Lipinski definition) is 4. The monoisotopic (exact) mass is 631 g/mol. The molecule has 1 saturated heterocycles. The molecule has 1 aliphatic carbocycles. The fraction of sp³-hybridized carbons (Fsp3) is 0.375. The third-order valence-corrected chi connectivity index (χ3v) is 12.1. The van der Waals surface area contributed by atoms with Crippen LogP contribution in [-0.2, 0) is 24.2 Å². The maximum Gasteiger partial charge on any atom is 0.304 e. The number of carbonyl (C=O) groups is 2. The van der Waals surface area contributed by atoms with Crippen molar-refractivity contribution in [1.29, 1.82) is 0 Å². The zero-order valence-corrected chi connectivity index (χ0v) is 25.4. The third kappa shape index (κ3) is 5.45. The van der Waals surface area contributed by atoms with Gasteiger partial charge >= 0.3 is 5.97 Å². The highest BCUT2D eigenvalue weighted by atomic mass is 35.5. The largest absolute Gasteiger partial charge is 0.481 e. The van der Waals surface area contributed by atoms with Crippen LogP contribution in [-0.4, -0.2) is 31.4 Å². The number of sulfone groups is 1. The second kappa shape index (κ2) is 11.6. The molecule has 2 aliphatic rings. The Kier molecular flexibility index (Phi) is 8.45. The molecule has 0 bridgehead atoms. The molecule has 1 heterocycles. The van der Waals surface area contributed by atoms with Gasteiger partial charge in [0.2, 0.25) is 5.91 Å². The molecule has 5 rings (SSSR count). The highest BCUT2D eigenvalue weighted by Crippen LogP contribution is 2.57. The molecule has 3 aromatic carbocycles. The van der Waals surface area contributed by atoms with Crippen molar-refractivity contribution in [2.75, 3.05) is 0 Å². The Morgan fingerprint density at radius 1 is 1.05 bits per heavy atom. The first-order chi connectivity index (χ1) is 19.9. The number of aliphatic carboxylic acids is 1. The van der Waals surface area contributed by atoms with E-state index in [2.05, 4.69) is 5.32 Å². The van der Waals surface area contributed by atoms with Gasteiger partial charge in [-0.1, -0.05) is 66.5 Å². The van der Waals surface area contributed by atoms with E-state index in [1.165, 1.54) is 18.2 Å². The molecule has 0 spiro atoms. The molecule has 1 aliphatic heterocycles. The minimum atomic E-state index is -4.37. The molecule has 222 valence electrons. The van der Waals surface area contributed by atoms with Gasteiger partial charge in [0.25, 0.3) is 0 Å². The number of benzene rings is 3. The minimum absolute atomic E-state index is 0.0498. The van der Waals surface area contributed by atoms with Crippen LogP contribution in [0.25, 0.3) is 0 Å². The van der Waals surface area contributed by atoms with Gasteiger partial charge in [-0.25, -0.2) is 12.8 Å². The van der Waals surface area contributed by atoms with Crippen LogP contribution in [0.4, 0.5) is 4.39 Å². The van der Waals surface area contributed by atoms with Crippen LogP contribution in [0.3, 0.4) is 0 Å². The maximum absolute atomic E-state index is 15.2. The molecule has 2 fully saturated rings. The van der Waals surface area contributed by atoms with Gasteiger partial charge in [0.05, 0.1) is 11.8 Å². The van der Waals surface area contributed by atoms with Gasteiger partial charge in [-0.2, -0.15) is 0 Å². The molecule has 1 amide bonds. The standard InChI is InChI=1S/C32H32Cl2FNO5S/c1-2-31(19-29(37)38)17-25(20-6-5-7-24(34)16-20)27(36-30(31)39)18-32(21-10-11-21,22-12-14-23(33)15-13-22)42(40,41)28-9-4-3-8-26(28)35/h3-9,12-16,21,25,27H,2,10-11,17-19H2,1H3,(H,36,39)(H,37,38)/t25-,27+,31+,32+/m1/s1. The van der Waals surface area contributed by atoms with Crippen molar-refractivity contribution >= 4 is 44.9 Å². The molecule has 0 radical (unpaired) electrons. The number of piperidine rings is 1. The number of carboxylic acid groups (broad SMARTS) is 1. The Labute approximate surface area is 255 Å². The van der Waals surface area contributed by atoms with E-state index in [4.69, 9.17) is 23.2 Å². The van der Waals surface area contributed by atoms with Crippen molar-refractivity contribution in [3.63, 3.8) is 0 Å². The molecule has 4 atom stereocenters. The second-order valence-electron chi connectivity index (χ2n) is 11.5. The van der Waals surface area contributed by atoms with E-state index >= 15 is 4.39 Å². The van der Waals surface area contributed by atoms with Crippen molar-refractivity contribution < 1.29 is 27.5 Å². The van der Waals surface area contributed by atoms with Crippen LogP contribution >= 0.6 is 23.2 Å². The summed E-state index contributed by atoms with van der Waals surface area (Å²) in [6, 6.07) is 18.3. The van der Waals surface area contributed by atoms with Crippen molar-refractivity contribution in [3.8, 4) is 0 Å². The van der Waals surface area contributed by atoms with Crippen molar-refractivity contribution in [3.05, 3.63) is 99.8 Å². The molecule has 6 nitrogen and oxygen atoms in total. The topological polar surface area (TPSA) is 101 Å². The highest BCUT2D eigenvalue weighted by Gasteiger charge is 2.59. The Bertz CT molecular complexity index is 1610. The van der Waals surface area contributed by atoms with Gasteiger partial charge in [-0.15, -0.1) is 0 Å². The number of nitrogens with one attached hydrogen (secondary N) is 1. The summed E-state index contributed by atoms with van der Waals surface area (Å²) in [5.74, 6) is -3.16.